The summed E-state index contributed by atoms with van der Waals surface area (Å²) in [5.41, 5.74) is 14.0. The van der Waals surface area contributed by atoms with Gasteiger partial charge in [0.2, 0.25) is 41.4 Å². The van der Waals surface area contributed by atoms with E-state index in [1.54, 1.807) is 12.1 Å². The molecule has 17 N–H and O–H groups in total. The van der Waals surface area contributed by atoms with Gasteiger partial charge in [-0.15, -0.1) is 47.4 Å². The van der Waals surface area contributed by atoms with E-state index in [-0.39, 0.29) is 99.1 Å². The molecule has 99 heavy (non-hydrogen) atoms. The number of halogens is 3. The van der Waals surface area contributed by atoms with Crippen LogP contribution in [0.4, 0.5) is 5.69 Å². The lowest BCUT2D eigenvalue weighted by Crippen LogP contribution is -2.64. The van der Waals surface area contributed by atoms with Crippen LogP contribution in [-0.2, 0) is 40.0 Å². The van der Waals surface area contributed by atoms with Crippen LogP contribution < -0.4 is 53.0 Å². The van der Waals surface area contributed by atoms with Crippen LogP contribution in [-0.4, -0.2) is 259 Å². The normalized spacial score (nSPS) is 27.0. The number of fused-ring (bicyclic) bond motifs is 2. The van der Waals surface area contributed by atoms with Crippen LogP contribution >= 0.6 is 48.6 Å². The maximum Gasteiger partial charge on any atom is 0.251 e. The molecular weight excluding hydrogens is 1370 g/mol. The van der Waals surface area contributed by atoms with Crippen molar-refractivity contribution in [1.29, 1.82) is 0 Å². The van der Waals surface area contributed by atoms with Crippen molar-refractivity contribution in [2.24, 2.45) is 23.3 Å². The number of aromatic hydroxyl groups is 1. The smallest absolute Gasteiger partial charge is 0.251 e. The monoisotopic (exact) mass is 1460 g/mol. The Kier molecular flexibility index (Phi) is 30.2. The Morgan fingerprint density at radius 3 is 1.96 bits per heavy atom. The minimum atomic E-state index is -2.08. The number of hydrogen-bond acceptors (Lipinski definition) is 23. The minimum Gasteiger partial charge on any atom is -0.504 e. The molecule has 4 aliphatic heterocycles. The van der Waals surface area contributed by atoms with E-state index in [2.05, 4.69) is 71.0 Å². The predicted octanol–water partition coefficient (Wildman–Crippen LogP) is -1.71. The Morgan fingerprint density at radius 1 is 0.717 bits per heavy atom. The summed E-state index contributed by atoms with van der Waals surface area (Å²) in [4.78, 5) is 120. The van der Waals surface area contributed by atoms with Gasteiger partial charge in [-0.2, -0.15) is 0 Å². The fraction of sp³-hybridized carbons (Fsp3) is 0.569. The number of aliphatic hydroxyl groups excluding tert-OH is 6. The molecule has 13 atom stereocenters. The molecule has 8 amide bonds. The number of nitrogens with zero attached hydrogens (tertiary/aromatic N) is 6. The molecule has 5 aliphatic rings. The fourth-order valence-corrected chi connectivity index (χ4v) is 13.9. The van der Waals surface area contributed by atoms with Gasteiger partial charge in [0.1, 0.15) is 52.9 Å². The lowest BCUT2D eigenvalue weighted by Gasteiger charge is -2.42. The number of rotatable bonds is 18. The Balaban J connectivity index is 0.00000515. The summed E-state index contributed by atoms with van der Waals surface area (Å²) in [5.74, 6) is -8.56. The summed E-state index contributed by atoms with van der Waals surface area (Å²) in [7, 11) is 0. The van der Waals surface area contributed by atoms with Crippen molar-refractivity contribution in [3.8, 4) is 32.6 Å². The number of phenols is 1. The van der Waals surface area contributed by atoms with E-state index in [0.717, 1.165) is 60.1 Å². The van der Waals surface area contributed by atoms with Crippen molar-refractivity contribution >= 4 is 102 Å². The molecule has 0 unspecified atom stereocenters. The molecule has 3 aromatic carbocycles. The number of benzene rings is 3. The highest BCUT2D eigenvalue weighted by molar-refractivity contribution is 7.17. The lowest BCUT2D eigenvalue weighted by atomic mass is 9.86. The van der Waals surface area contributed by atoms with Crippen LogP contribution in [0.25, 0.3) is 21.1 Å². The van der Waals surface area contributed by atoms with E-state index < -0.39 is 158 Å². The van der Waals surface area contributed by atoms with Gasteiger partial charge in [-0.3, -0.25) is 43.3 Å². The maximum atomic E-state index is 14.8. The van der Waals surface area contributed by atoms with Crippen molar-refractivity contribution in [2.75, 3.05) is 77.0 Å². The molecule has 1 saturated carbocycles. The number of hydrogen-bond donors (Lipinski definition) is 15. The average molecular weight is 1460 g/mol. The third-order valence-electron chi connectivity index (χ3n) is 18.7. The number of carbonyl (C=O) groups is 8. The van der Waals surface area contributed by atoms with Crippen molar-refractivity contribution in [3.05, 3.63) is 77.9 Å². The first-order chi connectivity index (χ1) is 45.9. The molecule has 34 heteroatoms. The van der Waals surface area contributed by atoms with Gasteiger partial charge in [-0.05, 0) is 106 Å². The van der Waals surface area contributed by atoms with Gasteiger partial charge in [-0.25, -0.2) is 0 Å². The van der Waals surface area contributed by atoms with E-state index >= 15 is 0 Å². The van der Waals surface area contributed by atoms with Crippen LogP contribution in [0.2, 0.25) is 0 Å². The number of anilines is 1. The first kappa shape index (κ1) is 80.9. The number of nitrogens with two attached hydrogens (primary N) is 2. The molecule has 9 rings (SSSR count). The zero-order valence-electron chi connectivity index (χ0n) is 55.2. The molecule has 4 saturated heterocycles. The largest absolute Gasteiger partial charge is 0.504 e. The summed E-state index contributed by atoms with van der Waals surface area (Å²) >= 11 is 1.35. The third-order valence-corrected chi connectivity index (χ3v) is 19.7. The van der Waals surface area contributed by atoms with Crippen molar-refractivity contribution in [3.63, 3.8) is 0 Å². The number of nitrogens with one attached hydrogen (secondary N) is 6. The summed E-state index contributed by atoms with van der Waals surface area (Å²) in [5, 5.41) is 104. The molecule has 5 heterocycles. The van der Waals surface area contributed by atoms with Gasteiger partial charge in [0.15, 0.2) is 11.5 Å². The number of carbonyl (C=O) groups excluding carboxylic acids is 8. The van der Waals surface area contributed by atoms with Crippen molar-refractivity contribution in [1.82, 2.24) is 56.8 Å². The minimum absolute atomic E-state index is 0. The SMILES string of the molecule is CC1CCC(N2CCN(c3ccc(-c4nnc(-c5ccc(C(=O)N[C@H]6C[C@@H](O)CNC(=O)[C@@H]7[C@@H](O)[C@@H](C)CN7C(=O)[C@H]([C@H](O)CCN)NC(=O)[C@H]([C@H](O)Cc7ccc(O)c(OCCNC(=O)CN)c7)NC(=O)[C@@H]7C[C@@H](O)CN7C(=O)[C@H]([C@@H](C)O)NC6=O)cc5)s4)cc3)CC2)CC1.Cl.Cl.Cl. The van der Waals surface area contributed by atoms with Crippen molar-refractivity contribution < 1.29 is 78.8 Å². The van der Waals surface area contributed by atoms with Gasteiger partial charge in [0, 0.05) is 99.4 Å². The van der Waals surface area contributed by atoms with E-state index in [0.29, 0.717) is 21.6 Å². The molecule has 1 aromatic heterocycles. The maximum absolute atomic E-state index is 14.8. The number of ether oxygens (including phenoxy) is 1. The molecular formula is C65H93Cl3N14O16S. The number of amides is 8. The molecule has 0 bridgehead atoms. The predicted molar refractivity (Wildman–Crippen MR) is 372 cm³/mol. The first-order valence-electron chi connectivity index (χ1n) is 32.8. The Hall–Kier alpha value is -7.11. The van der Waals surface area contributed by atoms with E-state index in [1.807, 2.05) is 12.1 Å². The summed E-state index contributed by atoms with van der Waals surface area (Å²) in [6.45, 7) is 6.82. The molecule has 5 fully saturated rings. The lowest BCUT2D eigenvalue weighted by molar-refractivity contribution is -0.147. The molecule has 546 valence electrons. The molecule has 0 spiro atoms. The number of phenolic OH excluding ortho intramolecular Hbond substituents is 1. The van der Waals surface area contributed by atoms with Crippen LogP contribution in [0, 0.1) is 11.8 Å². The van der Waals surface area contributed by atoms with Gasteiger partial charge < -0.3 is 98.6 Å². The summed E-state index contributed by atoms with van der Waals surface area (Å²) < 4.78 is 5.64. The second kappa shape index (κ2) is 37.0. The molecule has 0 radical (unpaired) electrons. The van der Waals surface area contributed by atoms with E-state index in [4.69, 9.17) is 16.2 Å². The zero-order chi connectivity index (χ0) is 69.1. The Labute approximate surface area is 595 Å². The zero-order valence-corrected chi connectivity index (χ0v) is 58.5. The van der Waals surface area contributed by atoms with Crippen LogP contribution in [0.3, 0.4) is 0 Å². The van der Waals surface area contributed by atoms with E-state index in [1.165, 1.54) is 74.3 Å². The third kappa shape index (κ3) is 20.3. The number of aliphatic hydroxyl groups is 6. The quantitative estimate of drug-likeness (QED) is 0.0494. The average Bonchev–Trinajstić information content (AvgIpc) is 1.64. The highest BCUT2D eigenvalue weighted by Crippen LogP contribution is 2.34. The number of aromatic nitrogens is 2. The van der Waals surface area contributed by atoms with Crippen LogP contribution in [0.15, 0.2) is 66.7 Å². The van der Waals surface area contributed by atoms with Gasteiger partial charge in [0.25, 0.3) is 5.91 Å². The summed E-state index contributed by atoms with van der Waals surface area (Å²) in [6, 6.07) is 7.93. The first-order valence-corrected chi connectivity index (χ1v) is 33.6. The van der Waals surface area contributed by atoms with Gasteiger partial charge in [0.05, 0.1) is 49.7 Å². The highest BCUT2D eigenvalue weighted by Gasteiger charge is 2.50. The number of piperazine rings is 1. The summed E-state index contributed by atoms with van der Waals surface area (Å²) in [6.07, 6.45) is -6.96. The van der Waals surface area contributed by atoms with Crippen LogP contribution in [0.1, 0.15) is 81.6 Å². The Bertz CT molecular complexity index is 3390. The van der Waals surface area contributed by atoms with Crippen LogP contribution in [0.5, 0.6) is 11.5 Å². The molecule has 4 aromatic rings. The standard InChI is InChI=1S/C65H90N14O16S.3ClH/c1-34-4-13-41(14-5-34)76-21-23-77(24-22-76)42-15-11-40(12-16-42)63-75-74-62(96-63)39-9-7-38(8-10-39)57(88)70-45-28-43(81)31-69-61(92)55-56(87)35(2)32-79(55)65(94)54(48(84)18-19-66)73-60(91)53(49(85)26-37-6-17-47(83)50(27-37)95-25-20-68-51(86)30-67)72-59(90)46-29-44(82)33-78(46)64(93)52(36(3)80)71-58(45)89;;;/h6-12,15-17,27,34-36,41,43-46,48-49,52-56,80-85,87H,4-5,13-14,18-26,28-33,66-67H2,1-3H3,(H,68,86)(H,69,92)(H,70,88)(H,71,89)(H,72,90)(H,73,91);3*1H/t34?,35-,36+,41?,43+,44+,45-,46-,48+,49+,52-,53-,54-,55-,56-;;;/m0.../s1. The Morgan fingerprint density at radius 2 is 1.33 bits per heavy atom. The molecule has 30 nitrogen and oxygen atoms in total. The fourth-order valence-electron chi connectivity index (χ4n) is 13.1. The topological polar surface area (TPSA) is 450 Å². The van der Waals surface area contributed by atoms with E-state index in [9.17, 15) is 74.1 Å². The molecule has 1 aliphatic carbocycles. The second-order valence-electron chi connectivity index (χ2n) is 25.8. The van der Waals surface area contributed by atoms with Crippen molar-refractivity contribution in [2.45, 2.75) is 151 Å². The number of β-amino-alcohol motifs (C(OH)–C–C–N with tert-alkyl or cyclic N) is 1. The van der Waals surface area contributed by atoms with Gasteiger partial charge in [-0.1, -0.05) is 43.4 Å². The second-order valence-corrected chi connectivity index (χ2v) is 26.7. The highest BCUT2D eigenvalue weighted by atomic mass is 35.5. The van der Waals surface area contributed by atoms with Gasteiger partial charge >= 0.3 is 0 Å².